The van der Waals surface area contributed by atoms with Crippen molar-refractivity contribution in [3.63, 3.8) is 0 Å². The fourth-order valence-electron chi connectivity index (χ4n) is 6.16. The summed E-state index contributed by atoms with van der Waals surface area (Å²) in [4.78, 5) is 22.3. The molecule has 4 aliphatic rings. The van der Waals surface area contributed by atoms with E-state index in [1.165, 1.54) is 57.8 Å². The number of piperazine rings is 1. The van der Waals surface area contributed by atoms with Gasteiger partial charge < -0.3 is 20.3 Å². The Morgan fingerprint density at radius 2 is 1.92 bits per heavy atom. The largest absolute Gasteiger partial charge is 0.377 e. The van der Waals surface area contributed by atoms with Crippen LogP contribution in [-0.4, -0.2) is 81.3 Å². The molecule has 0 saturated carbocycles. The van der Waals surface area contributed by atoms with E-state index < -0.39 is 0 Å². The van der Waals surface area contributed by atoms with Crippen LogP contribution in [0.5, 0.6) is 0 Å². The number of carbonyl (C=O) groups is 1. The Hall–Kier alpha value is -1.87. The summed E-state index contributed by atoms with van der Waals surface area (Å²) in [5.74, 6) is 2.12. The van der Waals surface area contributed by atoms with E-state index >= 15 is 0 Å². The van der Waals surface area contributed by atoms with Gasteiger partial charge in [-0.1, -0.05) is 13.0 Å². The number of nitrogens with one attached hydrogen (secondary N) is 3. The Balaban J connectivity index is 1.18. The minimum atomic E-state index is -0.148. The molecule has 0 bridgehead atoms. The van der Waals surface area contributed by atoms with E-state index in [1.54, 1.807) is 7.11 Å². The van der Waals surface area contributed by atoms with Gasteiger partial charge in [-0.2, -0.15) is 0 Å². The van der Waals surface area contributed by atoms with Crippen molar-refractivity contribution in [1.29, 1.82) is 0 Å². The van der Waals surface area contributed by atoms with Gasteiger partial charge in [0.25, 0.3) is 5.91 Å². The van der Waals surface area contributed by atoms with Crippen LogP contribution < -0.4 is 16.1 Å². The summed E-state index contributed by atoms with van der Waals surface area (Å²) in [5.41, 5.74) is 4.60. The monoisotopic (exact) mass is 501 g/mol. The van der Waals surface area contributed by atoms with Crippen molar-refractivity contribution in [2.24, 2.45) is 11.8 Å². The quantitative estimate of drug-likeness (QED) is 0.397. The average Bonchev–Trinajstić information content (AvgIpc) is 2.93. The highest BCUT2D eigenvalue weighted by Crippen LogP contribution is 2.32. The molecule has 0 aromatic heterocycles. The van der Waals surface area contributed by atoms with E-state index in [4.69, 9.17) is 9.57 Å². The molecule has 0 unspecified atom stereocenters. The SMILES string of the molecule is CCN1CCN([C@@H]2CC=C(NC3=CC[C@H](CC[C@H]4CC(C(=O)NOC)=C[C@@H](OC)C4)CN3)CC2)CC1. The first-order chi connectivity index (χ1) is 17.6. The predicted molar refractivity (Wildman–Crippen MR) is 143 cm³/mol. The van der Waals surface area contributed by atoms with Crippen LogP contribution >= 0.6 is 0 Å². The molecular formula is C28H47N5O3. The maximum Gasteiger partial charge on any atom is 0.270 e. The first-order valence-corrected chi connectivity index (χ1v) is 14.0. The van der Waals surface area contributed by atoms with Gasteiger partial charge in [0.15, 0.2) is 0 Å². The van der Waals surface area contributed by atoms with E-state index in [1.807, 2.05) is 6.08 Å². The topological polar surface area (TPSA) is 78.1 Å². The number of hydrogen-bond acceptors (Lipinski definition) is 7. The molecule has 202 valence electrons. The van der Waals surface area contributed by atoms with Gasteiger partial charge in [-0.15, -0.1) is 0 Å². The first-order valence-electron chi connectivity index (χ1n) is 14.0. The Morgan fingerprint density at radius 3 is 2.56 bits per heavy atom. The summed E-state index contributed by atoms with van der Waals surface area (Å²) >= 11 is 0. The van der Waals surface area contributed by atoms with E-state index in [0.717, 1.165) is 57.1 Å². The van der Waals surface area contributed by atoms with Crippen molar-refractivity contribution in [2.75, 3.05) is 53.5 Å². The van der Waals surface area contributed by atoms with Crippen molar-refractivity contribution in [3.05, 3.63) is 35.3 Å². The van der Waals surface area contributed by atoms with Crippen LogP contribution in [0.1, 0.15) is 58.3 Å². The summed E-state index contributed by atoms with van der Waals surface area (Å²) < 4.78 is 5.57. The van der Waals surface area contributed by atoms with Crippen LogP contribution in [0.15, 0.2) is 35.3 Å². The molecule has 0 aromatic rings. The van der Waals surface area contributed by atoms with Crippen LogP contribution in [0, 0.1) is 11.8 Å². The maximum absolute atomic E-state index is 12.2. The van der Waals surface area contributed by atoms with Gasteiger partial charge in [0.05, 0.1) is 19.0 Å². The second kappa shape index (κ2) is 13.6. The molecule has 0 aromatic carbocycles. The molecule has 3 N–H and O–H groups in total. The number of rotatable bonds is 10. The molecule has 2 heterocycles. The molecule has 8 nitrogen and oxygen atoms in total. The molecule has 1 fully saturated rings. The molecule has 4 rings (SSSR count). The highest BCUT2D eigenvalue weighted by Gasteiger charge is 2.28. The van der Waals surface area contributed by atoms with Crippen LogP contribution in [0.4, 0.5) is 0 Å². The van der Waals surface area contributed by atoms with E-state index in [-0.39, 0.29) is 12.0 Å². The van der Waals surface area contributed by atoms with Crippen molar-refractivity contribution >= 4 is 5.91 Å². The van der Waals surface area contributed by atoms with Crippen molar-refractivity contribution in [2.45, 2.75) is 70.4 Å². The van der Waals surface area contributed by atoms with E-state index in [9.17, 15) is 4.79 Å². The molecule has 2 aliphatic carbocycles. The number of carbonyl (C=O) groups excluding carboxylic acids is 1. The standard InChI is InChI=1S/C28H47N5O3/c1-4-32-13-15-33(16-14-32)25-10-8-24(9-11-25)30-27-12-7-21(20-29-27)5-6-22-17-23(28(34)31-36-3)19-26(18-22)35-2/h8,12,19,21-22,25-26,29-30H,4-7,9-11,13-18,20H2,1-3H3,(H,31,34)/t21-,22-,25+,26-/m0/s1. The molecule has 0 radical (unpaired) electrons. The maximum atomic E-state index is 12.2. The zero-order valence-electron chi connectivity index (χ0n) is 22.6. The number of methoxy groups -OCH3 is 1. The number of nitrogens with zero attached hydrogens (tertiary/aromatic N) is 2. The minimum absolute atomic E-state index is 0.00542. The minimum Gasteiger partial charge on any atom is -0.377 e. The highest BCUT2D eigenvalue weighted by atomic mass is 16.6. The van der Waals surface area contributed by atoms with Crippen molar-refractivity contribution < 1.29 is 14.4 Å². The molecule has 36 heavy (non-hydrogen) atoms. The summed E-state index contributed by atoms with van der Waals surface area (Å²) in [7, 11) is 3.19. The Labute approximate surface area is 217 Å². The van der Waals surface area contributed by atoms with Crippen LogP contribution in [0.3, 0.4) is 0 Å². The normalized spacial score (nSPS) is 30.0. The Bertz CT molecular complexity index is 818. The molecule has 0 spiro atoms. The molecule has 4 atom stereocenters. The van der Waals surface area contributed by atoms with Crippen molar-refractivity contribution in [1.82, 2.24) is 25.9 Å². The van der Waals surface area contributed by atoms with Gasteiger partial charge in [-0.3, -0.25) is 14.5 Å². The second-order valence-electron chi connectivity index (χ2n) is 10.8. The van der Waals surface area contributed by atoms with Gasteiger partial charge in [-0.05, 0) is 81.9 Å². The Morgan fingerprint density at radius 1 is 1.11 bits per heavy atom. The number of allylic oxidation sites excluding steroid dienone is 2. The zero-order chi connectivity index (χ0) is 25.3. The van der Waals surface area contributed by atoms with Gasteiger partial charge in [0.1, 0.15) is 0 Å². The summed E-state index contributed by atoms with van der Waals surface area (Å²) in [6.07, 6.45) is 15.4. The number of hydrogen-bond donors (Lipinski definition) is 3. The van der Waals surface area contributed by atoms with E-state index in [2.05, 4.69) is 45.0 Å². The molecule has 1 saturated heterocycles. The molecular weight excluding hydrogens is 454 g/mol. The number of amides is 1. The highest BCUT2D eigenvalue weighted by molar-refractivity contribution is 5.92. The lowest BCUT2D eigenvalue weighted by atomic mass is 9.81. The van der Waals surface area contributed by atoms with Crippen LogP contribution in [-0.2, 0) is 14.4 Å². The van der Waals surface area contributed by atoms with Crippen LogP contribution in [0.25, 0.3) is 0 Å². The Kier molecular flexibility index (Phi) is 10.3. The van der Waals surface area contributed by atoms with Gasteiger partial charge in [0.2, 0.25) is 0 Å². The smallest absolute Gasteiger partial charge is 0.270 e. The van der Waals surface area contributed by atoms with Gasteiger partial charge in [0, 0.05) is 57.1 Å². The third-order valence-electron chi connectivity index (χ3n) is 8.52. The fraction of sp³-hybridized carbons (Fsp3) is 0.750. The van der Waals surface area contributed by atoms with E-state index in [0.29, 0.717) is 17.9 Å². The number of ether oxygens (including phenoxy) is 1. The lowest BCUT2D eigenvalue weighted by Crippen LogP contribution is -2.50. The third-order valence-corrected chi connectivity index (χ3v) is 8.52. The summed E-state index contributed by atoms with van der Waals surface area (Å²) in [6, 6.07) is 0.709. The average molecular weight is 502 g/mol. The lowest BCUT2D eigenvalue weighted by Gasteiger charge is -2.40. The van der Waals surface area contributed by atoms with Gasteiger partial charge >= 0.3 is 0 Å². The first kappa shape index (κ1) is 27.2. The van der Waals surface area contributed by atoms with Gasteiger partial charge in [-0.25, -0.2) is 5.48 Å². The molecule has 2 aliphatic heterocycles. The third kappa shape index (κ3) is 7.57. The van der Waals surface area contributed by atoms with Crippen molar-refractivity contribution in [3.8, 4) is 0 Å². The predicted octanol–water partition coefficient (Wildman–Crippen LogP) is 2.91. The van der Waals surface area contributed by atoms with Crippen LogP contribution in [0.2, 0.25) is 0 Å². The lowest BCUT2D eigenvalue weighted by molar-refractivity contribution is -0.127. The molecule has 8 heteroatoms. The molecule has 1 amide bonds. The number of hydroxylamine groups is 1. The second-order valence-corrected chi connectivity index (χ2v) is 10.8. The fourth-order valence-corrected chi connectivity index (χ4v) is 6.16. The summed E-state index contributed by atoms with van der Waals surface area (Å²) in [6.45, 7) is 9.31. The zero-order valence-corrected chi connectivity index (χ0v) is 22.6. The number of likely N-dealkylation sites (N-methyl/N-ethyl adjacent to an activating group) is 1. The summed E-state index contributed by atoms with van der Waals surface area (Å²) in [5, 5.41) is 7.30.